The Morgan fingerprint density at radius 1 is 1.45 bits per heavy atom. The van der Waals surface area contributed by atoms with E-state index >= 15 is 0 Å². The topological polar surface area (TPSA) is 39.9 Å². The number of aryl methyl sites for hydroxylation is 1. The van der Waals surface area contributed by atoms with Gasteiger partial charge in [0, 0.05) is 18.1 Å². The van der Waals surface area contributed by atoms with E-state index in [9.17, 15) is 0 Å². The van der Waals surface area contributed by atoms with Crippen molar-refractivity contribution in [2.24, 2.45) is 7.05 Å². The zero-order valence-corrected chi connectivity index (χ0v) is 13.3. The molecule has 0 unspecified atom stereocenters. The second-order valence-electron chi connectivity index (χ2n) is 5.34. The van der Waals surface area contributed by atoms with E-state index in [0.29, 0.717) is 6.10 Å². The van der Waals surface area contributed by atoms with Crippen LogP contribution in [0.1, 0.15) is 31.2 Å². The van der Waals surface area contributed by atoms with Gasteiger partial charge in [-0.2, -0.15) is 0 Å². The molecule has 1 heterocycles. The van der Waals surface area contributed by atoms with Gasteiger partial charge in [-0.05, 0) is 37.5 Å². The third-order valence-electron chi connectivity index (χ3n) is 4.07. The van der Waals surface area contributed by atoms with Crippen LogP contribution in [0.4, 0.5) is 0 Å². The largest absolute Gasteiger partial charge is 0.378 e. The number of rotatable bonds is 4. The number of halogens is 1. The van der Waals surface area contributed by atoms with Gasteiger partial charge in [0.25, 0.3) is 0 Å². The number of aromatic nitrogens is 3. The van der Waals surface area contributed by atoms with E-state index in [1.165, 1.54) is 5.56 Å². The van der Waals surface area contributed by atoms with Crippen LogP contribution in [0.15, 0.2) is 35.1 Å². The SMILES string of the molecule is CCOC1CC(c2cccc(Br)c2)(c2nncn2C)C1. The fourth-order valence-corrected chi connectivity index (χ4v) is 3.52. The summed E-state index contributed by atoms with van der Waals surface area (Å²) in [5.41, 5.74) is 1.20. The predicted octanol–water partition coefficient (Wildman–Crippen LogP) is 3.06. The molecule has 0 atom stereocenters. The van der Waals surface area contributed by atoms with Gasteiger partial charge >= 0.3 is 0 Å². The first-order valence-electron chi connectivity index (χ1n) is 6.88. The molecular formula is C15H18BrN3O. The lowest BCUT2D eigenvalue weighted by Gasteiger charge is -2.46. The third kappa shape index (κ3) is 2.19. The highest BCUT2D eigenvalue weighted by Crippen LogP contribution is 2.49. The van der Waals surface area contributed by atoms with Gasteiger partial charge in [0.15, 0.2) is 0 Å². The lowest BCUT2D eigenvalue weighted by molar-refractivity contribution is -0.0312. The van der Waals surface area contributed by atoms with Crippen molar-refractivity contribution >= 4 is 15.9 Å². The third-order valence-corrected chi connectivity index (χ3v) is 4.56. The molecule has 1 aromatic carbocycles. The highest BCUT2D eigenvalue weighted by atomic mass is 79.9. The van der Waals surface area contributed by atoms with E-state index in [1.807, 2.05) is 24.6 Å². The Labute approximate surface area is 127 Å². The number of benzene rings is 1. The highest BCUT2D eigenvalue weighted by Gasteiger charge is 2.50. The van der Waals surface area contributed by atoms with Crippen LogP contribution in [-0.2, 0) is 17.2 Å². The van der Waals surface area contributed by atoms with Crippen LogP contribution < -0.4 is 0 Å². The maximum absolute atomic E-state index is 5.75. The highest BCUT2D eigenvalue weighted by molar-refractivity contribution is 9.10. The first kappa shape index (κ1) is 13.8. The van der Waals surface area contributed by atoms with E-state index in [1.54, 1.807) is 6.33 Å². The first-order chi connectivity index (χ1) is 9.65. The van der Waals surface area contributed by atoms with Crippen molar-refractivity contribution in [3.63, 3.8) is 0 Å². The molecule has 2 aromatic rings. The zero-order chi connectivity index (χ0) is 14.2. The maximum Gasteiger partial charge on any atom is 0.143 e. The predicted molar refractivity (Wildman–Crippen MR) is 80.6 cm³/mol. The van der Waals surface area contributed by atoms with Crippen LogP contribution in [0.25, 0.3) is 0 Å². The maximum atomic E-state index is 5.75. The minimum atomic E-state index is -0.0745. The molecule has 0 N–H and O–H groups in total. The van der Waals surface area contributed by atoms with Crippen molar-refractivity contribution in [1.82, 2.24) is 14.8 Å². The molecule has 0 aliphatic heterocycles. The van der Waals surface area contributed by atoms with E-state index < -0.39 is 0 Å². The Kier molecular flexibility index (Phi) is 3.65. The quantitative estimate of drug-likeness (QED) is 0.862. The summed E-state index contributed by atoms with van der Waals surface area (Å²) >= 11 is 3.56. The summed E-state index contributed by atoms with van der Waals surface area (Å²) in [6.07, 6.45) is 4.01. The van der Waals surface area contributed by atoms with Gasteiger partial charge in [0.1, 0.15) is 12.2 Å². The minimum absolute atomic E-state index is 0.0745. The van der Waals surface area contributed by atoms with Gasteiger partial charge < -0.3 is 9.30 Å². The molecule has 5 heteroatoms. The number of hydrogen-bond acceptors (Lipinski definition) is 3. The average molecular weight is 336 g/mol. The van der Waals surface area contributed by atoms with Crippen molar-refractivity contribution in [2.45, 2.75) is 31.3 Å². The monoisotopic (exact) mass is 335 g/mol. The molecule has 1 aliphatic carbocycles. The van der Waals surface area contributed by atoms with Crippen LogP contribution >= 0.6 is 15.9 Å². The van der Waals surface area contributed by atoms with Crippen molar-refractivity contribution < 1.29 is 4.74 Å². The number of hydrogen-bond donors (Lipinski definition) is 0. The van der Waals surface area contributed by atoms with Crippen molar-refractivity contribution in [2.75, 3.05) is 6.61 Å². The number of ether oxygens (including phenoxy) is 1. The molecule has 106 valence electrons. The van der Waals surface area contributed by atoms with Crippen LogP contribution in [0.3, 0.4) is 0 Å². The molecule has 3 rings (SSSR count). The molecule has 0 bridgehead atoms. The molecule has 0 saturated heterocycles. The molecule has 20 heavy (non-hydrogen) atoms. The normalized spacial score (nSPS) is 25.4. The molecule has 1 aromatic heterocycles. The molecule has 0 spiro atoms. The molecule has 1 aliphatic rings. The zero-order valence-electron chi connectivity index (χ0n) is 11.7. The smallest absolute Gasteiger partial charge is 0.143 e. The summed E-state index contributed by atoms with van der Waals surface area (Å²) in [5, 5.41) is 8.40. The summed E-state index contributed by atoms with van der Waals surface area (Å²) in [5.74, 6) is 1.02. The lowest BCUT2D eigenvalue weighted by Crippen LogP contribution is -2.48. The van der Waals surface area contributed by atoms with Gasteiger partial charge in [0.05, 0.1) is 11.5 Å². The van der Waals surface area contributed by atoms with E-state index in [0.717, 1.165) is 29.7 Å². The number of nitrogens with zero attached hydrogens (tertiary/aromatic N) is 3. The lowest BCUT2D eigenvalue weighted by atomic mass is 9.62. The van der Waals surface area contributed by atoms with Gasteiger partial charge in [-0.3, -0.25) is 0 Å². The Balaban J connectivity index is 2.00. The fourth-order valence-electron chi connectivity index (χ4n) is 3.12. The second-order valence-corrected chi connectivity index (χ2v) is 6.26. The molecule has 1 saturated carbocycles. The van der Waals surface area contributed by atoms with E-state index in [4.69, 9.17) is 4.74 Å². The Hall–Kier alpha value is -1.20. The van der Waals surface area contributed by atoms with E-state index in [-0.39, 0.29) is 5.41 Å². The standard InChI is InChI=1S/C15H18BrN3O/c1-3-20-13-8-15(9-13,14-18-17-10-19(14)2)11-5-4-6-12(16)7-11/h4-7,10,13H,3,8-9H2,1-2H3. The Morgan fingerprint density at radius 2 is 2.25 bits per heavy atom. The second kappa shape index (κ2) is 5.30. The van der Waals surface area contributed by atoms with Gasteiger partial charge in [0.2, 0.25) is 0 Å². The van der Waals surface area contributed by atoms with Crippen molar-refractivity contribution in [3.8, 4) is 0 Å². The first-order valence-corrected chi connectivity index (χ1v) is 7.67. The Bertz CT molecular complexity index is 605. The van der Waals surface area contributed by atoms with Crippen LogP contribution in [0, 0.1) is 0 Å². The summed E-state index contributed by atoms with van der Waals surface area (Å²) in [7, 11) is 2.00. The summed E-state index contributed by atoms with van der Waals surface area (Å²) in [6.45, 7) is 2.81. The van der Waals surface area contributed by atoms with Crippen LogP contribution in [0.5, 0.6) is 0 Å². The molecule has 1 fully saturated rings. The fraction of sp³-hybridized carbons (Fsp3) is 0.467. The minimum Gasteiger partial charge on any atom is -0.378 e. The van der Waals surface area contributed by atoms with Crippen LogP contribution in [-0.4, -0.2) is 27.5 Å². The Morgan fingerprint density at radius 3 is 2.85 bits per heavy atom. The molecule has 0 amide bonds. The summed E-state index contributed by atoms with van der Waals surface area (Å²) < 4.78 is 8.86. The molecule has 0 radical (unpaired) electrons. The van der Waals surface area contributed by atoms with Crippen LogP contribution in [0.2, 0.25) is 0 Å². The summed E-state index contributed by atoms with van der Waals surface area (Å²) in [6, 6.07) is 8.47. The summed E-state index contributed by atoms with van der Waals surface area (Å²) in [4.78, 5) is 0. The van der Waals surface area contributed by atoms with E-state index in [2.05, 4.69) is 44.3 Å². The van der Waals surface area contributed by atoms with Gasteiger partial charge in [-0.1, -0.05) is 28.1 Å². The van der Waals surface area contributed by atoms with Crippen molar-refractivity contribution in [1.29, 1.82) is 0 Å². The molecule has 4 nitrogen and oxygen atoms in total. The van der Waals surface area contributed by atoms with Gasteiger partial charge in [-0.25, -0.2) is 0 Å². The van der Waals surface area contributed by atoms with Crippen molar-refractivity contribution in [3.05, 3.63) is 46.5 Å². The van der Waals surface area contributed by atoms with Gasteiger partial charge in [-0.15, -0.1) is 10.2 Å². The molecular weight excluding hydrogens is 318 g/mol. The average Bonchev–Trinajstić information content (AvgIpc) is 2.80.